The number of nitrogens with one attached hydrogen (secondary N) is 2. The Morgan fingerprint density at radius 2 is 1.45 bits per heavy atom. The van der Waals surface area contributed by atoms with Gasteiger partial charge in [-0.1, -0.05) is 6.92 Å². The third kappa shape index (κ3) is 3.30. The summed E-state index contributed by atoms with van der Waals surface area (Å²) in [6, 6.07) is 1.22. The molecular formula is C6H20N4Si. The Morgan fingerprint density at radius 3 is 1.64 bits per heavy atom. The third-order valence-electron chi connectivity index (χ3n) is 1.96. The molecule has 2 N–H and O–H groups in total. The SMILES string of the molecule is CC[SiH](N(C)NC)N(C)NC. The Morgan fingerprint density at radius 1 is 1.09 bits per heavy atom. The van der Waals surface area contributed by atoms with Crippen molar-refractivity contribution < 1.29 is 0 Å². The maximum Gasteiger partial charge on any atom is 0.217 e. The highest BCUT2D eigenvalue weighted by atomic mass is 28.3. The molecule has 0 fully saturated rings. The number of hydrazine groups is 2. The van der Waals surface area contributed by atoms with Crippen molar-refractivity contribution in [2.75, 3.05) is 28.2 Å². The van der Waals surface area contributed by atoms with Gasteiger partial charge in [0.15, 0.2) is 0 Å². The number of nitrogens with zero attached hydrogens (tertiary/aromatic N) is 2. The van der Waals surface area contributed by atoms with Crippen molar-refractivity contribution in [1.29, 1.82) is 0 Å². The van der Waals surface area contributed by atoms with Gasteiger partial charge in [-0.15, -0.1) is 0 Å². The molecule has 0 aliphatic heterocycles. The van der Waals surface area contributed by atoms with E-state index in [1.807, 2.05) is 14.1 Å². The number of hydrogen-bond acceptors (Lipinski definition) is 4. The minimum atomic E-state index is -0.957. The first-order chi connectivity index (χ1) is 5.17. The number of hydrogen-bond donors (Lipinski definition) is 2. The monoisotopic (exact) mass is 176 g/mol. The van der Waals surface area contributed by atoms with E-state index in [1.165, 1.54) is 6.04 Å². The lowest BCUT2D eigenvalue weighted by molar-refractivity contribution is 0.325. The zero-order chi connectivity index (χ0) is 8.85. The van der Waals surface area contributed by atoms with E-state index < -0.39 is 9.12 Å². The topological polar surface area (TPSA) is 30.5 Å². The van der Waals surface area contributed by atoms with Gasteiger partial charge in [0.2, 0.25) is 9.12 Å². The Labute approximate surface area is 71.3 Å². The molecule has 0 aromatic rings. The molecule has 0 spiro atoms. The van der Waals surface area contributed by atoms with E-state index >= 15 is 0 Å². The van der Waals surface area contributed by atoms with E-state index in [0.717, 1.165) is 0 Å². The highest BCUT2D eigenvalue weighted by molar-refractivity contribution is 6.52. The lowest BCUT2D eigenvalue weighted by atomic mass is 11.0. The van der Waals surface area contributed by atoms with Gasteiger partial charge in [-0.3, -0.25) is 20.2 Å². The van der Waals surface area contributed by atoms with Crippen molar-refractivity contribution >= 4 is 9.12 Å². The molecule has 0 amide bonds. The largest absolute Gasteiger partial charge is 0.264 e. The molecule has 5 heteroatoms. The maximum atomic E-state index is 3.14. The Kier molecular flexibility index (Phi) is 5.70. The molecule has 0 saturated heterocycles. The average molecular weight is 176 g/mol. The van der Waals surface area contributed by atoms with Gasteiger partial charge in [-0.25, -0.2) is 0 Å². The van der Waals surface area contributed by atoms with Crippen molar-refractivity contribution in [2.24, 2.45) is 0 Å². The zero-order valence-electron chi connectivity index (χ0n) is 8.18. The van der Waals surface area contributed by atoms with Crippen LogP contribution in [0.1, 0.15) is 6.92 Å². The molecule has 68 valence electrons. The highest BCUT2D eigenvalue weighted by Crippen LogP contribution is 1.95. The van der Waals surface area contributed by atoms with E-state index in [9.17, 15) is 0 Å². The van der Waals surface area contributed by atoms with E-state index in [1.54, 1.807) is 0 Å². The van der Waals surface area contributed by atoms with Crippen LogP contribution in [0.4, 0.5) is 0 Å². The van der Waals surface area contributed by atoms with Gasteiger partial charge >= 0.3 is 0 Å². The Balaban J connectivity index is 3.92. The summed E-state index contributed by atoms with van der Waals surface area (Å²) in [6.45, 7) is 2.22. The van der Waals surface area contributed by atoms with E-state index in [0.29, 0.717) is 0 Å². The fraction of sp³-hybridized carbons (Fsp3) is 1.00. The third-order valence-corrected chi connectivity index (χ3v) is 5.00. The summed E-state index contributed by atoms with van der Waals surface area (Å²) in [5, 5.41) is 0. The lowest BCUT2D eigenvalue weighted by Crippen LogP contribution is -2.57. The summed E-state index contributed by atoms with van der Waals surface area (Å²) in [7, 11) is 7.14. The molecule has 0 aromatic heterocycles. The predicted octanol–water partition coefficient (Wildman–Crippen LogP) is -0.641. The van der Waals surface area contributed by atoms with Gasteiger partial charge in [-0.2, -0.15) is 0 Å². The molecule has 0 heterocycles. The predicted molar refractivity (Wildman–Crippen MR) is 51.3 cm³/mol. The van der Waals surface area contributed by atoms with Crippen LogP contribution in [0.25, 0.3) is 0 Å². The molecule has 0 unspecified atom stereocenters. The molecule has 0 aliphatic carbocycles. The van der Waals surface area contributed by atoms with Crippen LogP contribution in [-0.2, 0) is 0 Å². The summed E-state index contributed by atoms with van der Waals surface area (Å²) in [5.74, 6) is 0. The van der Waals surface area contributed by atoms with Crippen LogP contribution in [0.15, 0.2) is 0 Å². The second-order valence-electron chi connectivity index (χ2n) is 2.56. The fourth-order valence-corrected chi connectivity index (χ4v) is 3.32. The molecule has 11 heavy (non-hydrogen) atoms. The summed E-state index contributed by atoms with van der Waals surface area (Å²) in [5.41, 5.74) is 6.29. The van der Waals surface area contributed by atoms with Gasteiger partial charge in [0.25, 0.3) is 0 Å². The standard InChI is InChI=1S/C6H20N4Si/c1-6-11(9(4)7-2)10(5)8-3/h7-8,11H,6H2,1-5H3. The molecule has 0 bridgehead atoms. The van der Waals surface area contributed by atoms with Crippen molar-refractivity contribution in [3.8, 4) is 0 Å². The first kappa shape index (κ1) is 11.1. The first-order valence-electron chi connectivity index (χ1n) is 3.97. The van der Waals surface area contributed by atoms with Gasteiger partial charge in [-0.05, 0) is 34.2 Å². The highest BCUT2D eigenvalue weighted by Gasteiger charge is 2.17. The molecule has 0 saturated carbocycles. The van der Waals surface area contributed by atoms with Gasteiger partial charge in [0.05, 0.1) is 0 Å². The fourth-order valence-electron chi connectivity index (χ4n) is 1.11. The summed E-state index contributed by atoms with van der Waals surface area (Å²) in [4.78, 5) is 0. The van der Waals surface area contributed by atoms with Crippen LogP contribution in [0.2, 0.25) is 6.04 Å². The van der Waals surface area contributed by atoms with Crippen molar-refractivity contribution in [1.82, 2.24) is 20.2 Å². The van der Waals surface area contributed by atoms with Crippen LogP contribution < -0.4 is 10.9 Å². The van der Waals surface area contributed by atoms with Gasteiger partial charge in [0, 0.05) is 0 Å². The minimum Gasteiger partial charge on any atom is -0.264 e. The maximum absolute atomic E-state index is 3.14. The first-order valence-corrected chi connectivity index (χ1v) is 5.82. The van der Waals surface area contributed by atoms with Crippen LogP contribution >= 0.6 is 0 Å². The summed E-state index contributed by atoms with van der Waals surface area (Å²) < 4.78 is 4.41. The molecule has 0 rings (SSSR count). The zero-order valence-corrected chi connectivity index (χ0v) is 9.33. The molecule has 0 atom stereocenters. The normalized spacial score (nSPS) is 12.0. The molecule has 0 aliphatic rings. The Bertz CT molecular complexity index is 90.6. The van der Waals surface area contributed by atoms with Crippen molar-refractivity contribution in [2.45, 2.75) is 13.0 Å². The summed E-state index contributed by atoms with van der Waals surface area (Å²) in [6.07, 6.45) is 0. The molecule has 4 nitrogen and oxygen atoms in total. The minimum absolute atomic E-state index is 0.957. The molecular weight excluding hydrogens is 156 g/mol. The van der Waals surface area contributed by atoms with E-state index in [-0.39, 0.29) is 0 Å². The molecule has 0 aromatic carbocycles. The van der Waals surface area contributed by atoms with Crippen LogP contribution in [-0.4, -0.2) is 46.7 Å². The second kappa shape index (κ2) is 5.67. The van der Waals surface area contributed by atoms with Gasteiger partial charge < -0.3 is 0 Å². The average Bonchev–Trinajstić information content (AvgIpc) is 2.05. The van der Waals surface area contributed by atoms with Crippen LogP contribution in [0.5, 0.6) is 0 Å². The van der Waals surface area contributed by atoms with E-state index in [4.69, 9.17) is 0 Å². The quantitative estimate of drug-likeness (QED) is 0.431. The van der Waals surface area contributed by atoms with Crippen LogP contribution in [0, 0.1) is 0 Å². The van der Waals surface area contributed by atoms with Crippen molar-refractivity contribution in [3.05, 3.63) is 0 Å². The smallest absolute Gasteiger partial charge is 0.217 e. The second-order valence-corrected chi connectivity index (χ2v) is 5.88. The molecule has 0 radical (unpaired) electrons. The van der Waals surface area contributed by atoms with Crippen LogP contribution in [0.3, 0.4) is 0 Å². The van der Waals surface area contributed by atoms with Crippen molar-refractivity contribution in [3.63, 3.8) is 0 Å². The summed E-state index contributed by atoms with van der Waals surface area (Å²) >= 11 is 0. The van der Waals surface area contributed by atoms with E-state index in [2.05, 4.69) is 41.2 Å². The van der Waals surface area contributed by atoms with Gasteiger partial charge in [0.1, 0.15) is 0 Å². The Hall–Kier alpha value is 0.0569. The lowest BCUT2D eigenvalue weighted by Gasteiger charge is -2.31. The number of rotatable bonds is 5.